The highest BCUT2D eigenvalue weighted by atomic mass is 19.1. The molecular weight excluding hydrogens is 375 g/mol. The Kier molecular flexibility index (Phi) is 4.75. The molecule has 2 heterocycles. The van der Waals surface area contributed by atoms with Gasteiger partial charge in [-0.3, -0.25) is 9.59 Å². The Labute approximate surface area is 166 Å². The molecule has 1 aromatic heterocycles. The number of ether oxygens (including phenoxy) is 1. The molecule has 148 valence electrons. The summed E-state index contributed by atoms with van der Waals surface area (Å²) >= 11 is 0. The van der Waals surface area contributed by atoms with Gasteiger partial charge in [-0.1, -0.05) is 6.07 Å². The van der Waals surface area contributed by atoms with E-state index in [2.05, 4.69) is 15.7 Å². The van der Waals surface area contributed by atoms with Gasteiger partial charge in [0.2, 0.25) is 5.91 Å². The van der Waals surface area contributed by atoms with Gasteiger partial charge in [-0.05, 0) is 54.8 Å². The maximum Gasteiger partial charge on any atom is 0.276 e. The molecule has 2 amide bonds. The number of carbonyl (C=O) groups excluding carboxylic acids is 2. The number of amides is 2. The zero-order valence-corrected chi connectivity index (χ0v) is 16.0. The lowest BCUT2D eigenvalue weighted by Gasteiger charge is -2.18. The second-order valence-electron chi connectivity index (χ2n) is 6.81. The van der Waals surface area contributed by atoms with E-state index in [9.17, 15) is 14.0 Å². The first kappa shape index (κ1) is 18.7. The number of fused-ring (bicyclic) bond motifs is 1. The number of aromatic nitrogens is 2. The Morgan fingerprint density at radius 3 is 2.86 bits per heavy atom. The Morgan fingerprint density at radius 2 is 2.07 bits per heavy atom. The average Bonchev–Trinajstić information content (AvgIpc) is 3.19. The van der Waals surface area contributed by atoms with E-state index in [1.807, 2.05) is 25.1 Å². The molecule has 4 rings (SSSR count). The molecular formula is C21H19FN4O3. The van der Waals surface area contributed by atoms with Gasteiger partial charge < -0.3 is 15.4 Å². The normalized spacial score (nSPS) is 12.9. The fourth-order valence-corrected chi connectivity index (χ4v) is 3.24. The minimum absolute atomic E-state index is 0.0487. The van der Waals surface area contributed by atoms with E-state index in [1.54, 1.807) is 30.1 Å². The van der Waals surface area contributed by atoms with Crippen LogP contribution in [0.1, 0.15) is 28.0 Å². The Hall–Kier alpha value is -3.68. The number of hydrogen-bond acceptors (Lipinski definition) is 4. The lowest BCUT2D eigenvalue weighted by atomic mass is 10.0. The van der Waals surface area contributed by atoms with Crippen LogP contribution in [0.25, 0.3) is 5.69 Å². The van der Waals surface area contributed by atoms with Crippen LogP contribution >= 0.6 is 0 Å². The molecule has 0 fully saturated rings. The van der Waals surface area contributed by atoms with Crippen LogP contribution in [0.3, 0.4) is 0 Å². The van der Waals surface area contributed by atoms with Crippen molar-refractivity contribution in [2.45, 2.75) is 19.8 Å². The van der Waals surface area contributed by atoms with Crippen LogP contribution in [0.4, 0.5) is 15.8 Å². The fraction of sp³-hybridized carbons (Fsp3) is 0.190. The van der Waals surface area contributed by atoms with Gasteiger partial charge in [-0.2, -0.15) is 5.10 Å². The zero-order valence-electron chi connectivity index (χ0n) is 16.0. The molecule has 0 bridgehead atoms. The van der Waals surface area contributed by atoms with Gasteiger partial charge in [0.25, 0.3) is 5.91 Å². The maximum atomic E-state index is 14.4. The highest BCUT2D eigenvalue weighted by molar-refractivity contribution is 6.03. The number of hydrogen-bond donors (Lipinski definition) is 2. The number of halogens is 1. The van der Waals surface area contributed by atoms with Gasteiger partial charge in [0.1, 0.15) is 17.3 Å². The summed E-state index contributed by atoms with van der Waals surface area (Å²) in [6.45, 7) is 1.95. The van der Waals surface area contributed by atoms with Gasteiger partial charge in [0.05, 0.1) is 12.8 Å². The van der Waals surface area contributed by atoms with Crippen LogP contribution in [0.5, 0.6) is 5.75 Å². The van der Waals surface area contributed by atoms with E-state index in [0.717, 1.165) is 11.1 Å². The number of benzene rings is 2. The molecule has 2 aromatic carbocycles. The predicted octanol–water partition coefficient (Wildman–Crippen LogP) is 3.47. The van der Waals surface area contributed by atoms with Gasteiger partial charge in [-0.25, -0.2) is 9.07 Å². The topological polar surface area (TPSA) is 85.2 Å². The van der Waals surface area contributed by atoms with Crippen LogP contribution in [0.15, 0.2) is 42.6 Å². The molecule has 0 saturated carbocycles. The summed E-state index contributed by atoms with van der Waals surface area (Å²) in [7, 11) is 1.56. The number of rotatable bonds is 4. The standard InChI is InChI=1S/C21H19FN4O3/c1-12-3-5-19(29-2)18(9-12)26-8-7-15(25-26)21(28)24-17-10-13-4-6-20(27)23-16(13)11-14(17)22/h3,5,7-11H,4,6H2,1-2H3,(H,23,27)(H,24,28). The van der Waals surface area contributed by atoms with Crippen LogP contribution < -0.4 is 15.4 Å². The van der Waals surface area contributed by atoms with E-state index < -0.39 is 11.7 Å². The number of carbonyl (C=O) groups is 2. The first-order valence-electron chi connectivity index (χ1n) is 9.09. The van der Waals surface area contributed by atoms with Gasteiger partial charge in [0.15, 0.2) is 5.69 Å². The summed E-state index contributed by atoms with van der Waals surface area (Å²) in [6.07, 6.45) is 2.46. The smallest absolute Gasteiger partial charge is 0.276 e. The second kappa shape index (κ2) is 7.38. The summed E-state index contributed by atoms with van der Waals surface area (Å²) in [4.78, 5) is 24.0. The minimum Gasteiger partial charge on any atom is -0.494 e. The summed E-state index contributed by atoms with van der Waals surface area (Å²) in [5.74, 6) is -0.688. The molecule has 7 nitrogen and oxygen atoms in total. The SMILES string of the molecule is COc1ccc(C)cc1-n1ccc(C(=O)Nc2cc3c(cc2F)NC(=O)CC3)n1. The molecule has 8 heteroatoms. The predicted molar refractivity (Wildman–Crippen MR) is 106 cm³/mol. The van der Waals surface area contributed by atoms with Crippen molar-refractivity contribution in [1.82, 2.24) is 9.78 Å². The Bertz CT molecular complexity index is 1120. The van der Waals surface area contributed by atoms with Crippen molar-refractivity contribution >= 4 is 23.2 Å². The maximum absolute atomic E-state index is 14.4. The highest BCUT2D eigenvalue weighted by Crippen LogP contribution is 2.29. The van der Waals surface area contributed by atoms with Crippen LogP contribution in [-0.4, -0.2) is 28.7 Å². The van der Waals surface area contributed by atoms with Crippen molar-refractivity contribution in [2.24, 2.45) is 0 Å². The third kappa shape index (κ3) is 3.69. The zero-order chi connectivity index (χ0) is 20.5. The van der Waals surface area contributed by atoms with E-state index in [1.165, 1.54) is 6.07 Å². The molecule has 0 aliphatic carbocycles. The molecule has 0 saturated heterocycles. The van der Waals surface area contributed by atoms with Crippen LogP contribution in [0, 0.1) is 12.7 Å². The first-order chi connectivity index (χ1) is 13.9. The van der Waals surface area contributed by atoms with E-state index in [-0.39, 0.29) is 17.3 Å². The van der Waals surface area contributed by atoms with Crippen LogP contribution in [-0.2, 0) is 11.2 Å². The largest absolute Gasteiger partial charge is 0.494 e. The van der Waals surface area contributed by atoms with Crippen molar-refractivity contribution in [1.29, 1.82) is 0 Å². The van der Waals surface area contributed by atoms with Crippen molar-refractivity contribution in [3.05, 3.63) is 65.2 Å². The minimum atomic E-state index is -0.626. The van der Waals surface area contributed by atoms with Gasteiger partial charge in [0, 0.05) is 18.3 Å². The summed E-state index contributed by atoms with van der Waals surface area (Å²) in [5.41, 5.74) is 3.11. The second-order valence-corrected chi connectivity index (χ2v) is 6.81. The molecule has 2 N–H and O–H groups in total. The van der Waals surface area contributed by atoms with Gasteiger partial charge in [-0.15, -0.1) is 0 Å². The number of methoxy groups -OCH3 is 1. The van der Waals surface area contributed by atoms with Crippen molar-refractivity contribution < 1.29 is 18.7 Å². The van der Waals surface area contributed by atoms with Crippen molar-refractivity contribution in [3.8, 4) is 11.4 Å². The highest BCUT2D eigenvalue weighted by Gasteiger charge is 2.20. The third-order valence-electron chi connectivity index (χ3n) is 4.74. The summed E-state index contributed by atoms with van der Waals surface area (Å²) in [6, 6.07) is 9.95. The number of nitrogens with one attached hydrogen (secondary N) is 2. The summed E-state index contributed by atoms with van der Waals surface area (Å²) in [5, 5.41) is 9.49. The molecule has 1 aliphatic heterocycles. The average molecular weight is 394 g/mol. The van der Waals surface area contributed by atoms with Crippen molar-refractivity contribution in [3.63, 3.8) is 0 Å². The fourth-order valence-electron chi connectivity index (χ4n) is 3.24. The van der Waals surface area contributed by atoms with Crippen LogP contribution in [0.2, 0.25) is 0 Å². The van der Waals surface area contributed by atoms with Crippen molar-refractivity contribution in [2.75, 3.05) is 17.7 Å². The summed E-state index contributed by atoms with van der Waals surface area (Å²) < 4.78 is 21.3. The molecule has 0 radical (unpaired) electrons. The molecule has 0 spiro atoms. The number of nitrogens with zero attached hydrogens (tertiary/aromatic N) is 2. The Balaban J connectivity index is 1.58. The number of anilines is 2. The molecule has 0 atom stereocenters. The molecule has 0 unspecified atom stereocenters. The van der Waals surface area contributed by atoms with E-state index >= 15 is 0 Å². The lowest BCUT2D eigenvalue weighted by molar-refractivity contribution is -0.116. The Morgan fingerprint density at radius 1 is 1.24 bits per heavy atom. The van der Waals surface area contributed by atoms with E-state index in [0.29, 0.717) is 30.0 Å². The van der Waals surface area contributed by atoms with E-state index in [4.69, 9.17) is 4.74 Å². The molecule has 29 heavy (non-hydrogen) atoms. The monoisotopic (exact) mass is 394 g/mol. The quantitative estimate of drug-likeness (QED) is 0.710. The first-order valence-corrected chi connectivity index (χ1v) is 9.09. The molecule has 3 aromatic rings. The third-order valence-corrected chi connectivity index (χ3v) is 4.74. The van der Waals surface area contributed by atoms with Gasteiger partial charge >= 0.3 is 0 Å². The number of aryl methyl sites for hydroxylation is 2. The lowest BCUT2D eigenvalue weighted by Crippen LogP contribution is -2.20. The molecule has 1 aliphatic rings.